The van der Waals surface area contributed by atoms with Crippen molar-refractivity contribution in [1.82, 2.24) is 19.8 Å². The molecule has 1 fully saturated rings. The lowest BCUT2D eigenvalue weighted by atomic mass is 9.86. The first kappa shape index (κ1) is 23.1. The fraction of sp³-hybridized carbons (Fsp3) is 0.444. The number of carbonyl (C=O) groups excluding carboxylic acids is 1. The Morgan fingerprint density at radius 3 is 2.72 bits per heavy atom. The van der Waals surface area contributed by atoms with Crippen LogP contribution in [0.4, 0.5) is 0 Å². The van der Waals surface area contributed by atoms with Crippen molar-refractivity contribution in [2.75, 3.05) is 20.1 Å². The van der Waals surface area contributed by atoms with Crippen molar-refractivity contribution in [3.8, 4) is 17.1 Å². The number of rotatable bonds is 4. The van der Waals surface area contributed by atoms with Gasteiger partial charge in [-0.05, 0) is 63.7 Å². The van der Waals surface area contributed by atoms with E-state index in [4.69, 9.17) is 9.72 Å². The van der Waals surface area contributed by atoms with E-state index in [-0.39, 0.29) is 24.3 Å². The van der Waals surface area contributed by atoms with E-state index in [1.165, 1.54) is 0 Å². The van der Waals surface area contributed by atoms with Crippen molar-refractivity contribution in [3.05, 3.63) is 56.9 Å². The highest BCUT2D eigenvalue weighted by atomic mass is 16.6. The maximum absolute atomic E-state index is 13.4. The van der Waals surface area contributed by atoms with Gasteiger partial charge in [0.15, 0.2) is 5.60 Å². The molecule has 5 heterocycles. The molecule has 9 heteroatoms. The summed E-state index contributed by atoms with van der Waals surface area (Å²) >= 11 is 0. The summed E-state index contributed by atoms with van der Waals surface area (Å²) in [6.45, 7) is 4.41. The smallest absolute Gasteiger partial charge is 0.343 e. The fourth-order valence-electron chi connectivity index (χ4n) is 5.87. The number of ether oxygens (including phenoxy) is 1. The first-order valence-electron chi connectivity index (χ1n) is 12.5. The molecular formula is C27H30N4O5. The topological polar surface area (TPSA) is 117 Å². The van der Waals surface area contributed by atoms with E-state index in [2.05, 4.69) is 10.2 Å². The van der Waals surface area contributed by atoms with Crippen molar-refractivity contribution in [1.29, 1.82) is 0 Å². The molecule has 0 radical (unpaired) electrons. The Bertz CT molecular complexity index is 1460. The van der Waals surface area contributed by atoms with Crippen LogP contribution in [0.25, 0.3) is 22.3 Å². The molecule has 3 aliphatic rings. The molecule has 2 aromatic heterocycles. The number of cyclic esters (lactones) is 1. The number of phenols is 1. The van der Waals surface area contributed by atoms with Crippen LogP contribution in [-0.2, 0) is 34.8 Å². The Hall–Kier alpha value is -3.27. The molecule has 188 valence electrons. The number of hydrogen-bond donors (Lipinski definition) is 3. The number of likely N-dealkylation sites (tertiary alicyclic amines) is 1. The molecule has 3 aliphatic heterocycles. The average Bonchev–Trinajstić information content (AvgIpc) is 3.25. The van der Waals surface area contributed by atoms with Gasteiger partial charge in [-0.3, -0.25) is 9.69 Å². The van der Waals surface area contributed by atoms with Gasteiger partial charge in [-0.25, -0.2) is 9.78 Å². The van der Waals surface area contributed by atoms with Crippen molar-refractivity contribution < 1.29 is 19.7 Å². The van der Waals surface area contributed by atoms with Gasteiger partial charge in [0.2, 0.25) is 0 Å². The van der Waals surface area contributed by atoms with E-state index in [0.717, 1.165) is 48.0 Å². The number of carbonyl (C=O) groups is 1. The number of aliphatic hydroxyl groups is 1. The van der Waals surface area contributed by atoms with Gasteiger partial charge in [-0.15, -0.1) is 0 Å². The highest BCUT2D eigenvalue weighted by molar-refractivity contribution is 5.89. The Kier molecular flexibility index (Phi) is 5.40. The minimum Gasteiger partial charge on any atom is -0.508 e. The summed E-state index contributed by atoms with van der Waals surface area (Å²) < 4.78 is 6.78. The van der Waals surface area contributed by atoms with Crippen LogP contribution in [0.3, 0.4) is 0 Å². The lowest BCUT2D eigenvalue weighted by Gasteiger charge is -2.32. The maximum atomic E-state index is 13.4. The van der Waals surface area contributed by atoms with E-state index >= 15 is 0 Å². The lowest BCUT2D eigenvalue weighted by molar-refractivity contribution is -0.172. The number of aromatic hydroxyl groups is 1. The Morgan fingerprint density at radius 2 is 2.00 bits per heavy atom. The predicted molar refractivity (Wildman–Crippen MR) is 134 cm³/mol. The third kappa shape index (κ3) is 3.37. The molecule has 0 bridgehead atoms. The molecule has 3 aromatic rings. The first-order valence-corrected chi connectivity index (χ1v) is 12.5. The monoisotopic (exact) mass is 490 g/mol. The summed E-state index contributed by atoms with van der Waals surface area (Å²) in [6, 6.07) is 7.74. The SMILES string of the molecule is CC[C@@]1(O)C(=O)OCc2c1cc1n(c2=O)Cc2cc3c(CN4CCC(NC)CC4)c(O)ccc3nc2-1. The van der Waals surface area contributed by atoms with E-state index < -0.39 is 11.6 Å². The molecule has 1 atom stereocenters. The first-order chi connectivity index (χ1) is 17.3. The summed E-state index contributed by atoms with van der Waals surface area (Å²) in [7, 11) is 2.00. The number of hydrogen-bond acceptors (Lipinski definition) is 8. The standard InChI is InChI=1S/C27H30N4O5/c1-3-27(35)20-11-22-24-15(12-31(22)25(33)19(20)14-36-26(27)34)10-17-18(23(32)5-4-21(17)29-24)13-30-8-6-16(28-2)7-9-30/h4-5,10-11,16,28,32,35H,3,6-9,12-14H2,1-2H3/t27-/m0/s1. The number of fused-ring (bicyclic) bond motifs is 5. The quantitative estimate of drug-likeness (QED) is 0.372. The van der Waals surface area contributed by atoms with Crippen molar-refractivity contribution in [3.63, 3.8) is 0 Å². The fourth-order valence-corrected chi connectivity index (χ4v) is 5.87. The van der Waals surface area contributed by atoms with Gasteiger partial charge in [0.05, 0.1) is 29.0 Å². The van der Waals surface area contributed by atoms with Gasteiger partial charge in [-0.2, -0.15) is 0 Å². The maximum Gasteiger partial charge on any atom is 0.343 e. The van der Waals surface area contributed by atoms with Gasteiger partial charge in [0.1, 0.15) is 12.4 Å². The molecule has 1 saturated heterocycles. The van der Waals surface area contributed by atoms with Crippen LogP contribution in [0.2, 0.25) is 0 Å². The zero-order valence-corrected chi connectivity index (χ0v) is 20.5. The molecule has 3 N–H and O–H groups in total. The van der Waals surface area contributed by atoms with E-state index in [1.54, 1.807) is 29.7 Å². The third-order valence-electron chi connectivity index (χ3n) is 8.16. The van der Waals surface area contributed by atoms with Crippen LogP contribution < -0.4 is 10.9 Å². The Labute approximate surface area is 208 Å². The van der Waals surface area contributed by atoms with Gasteiger partial charge in [-0.1, -0.05) is 6.92 Å². The number of aromatic nitrogens is 2. The van der Waals surface area contributed by atoms with Crippen molar-refractivity contribution in [2.24, 2.45) is 0 Å². The highest BCUT2D eigenvalue weighted by Gasteiger charge is 2.45. The molecule has 0 saturated carbocycles. The van der Waals surface area contributed by atoms with Crippen LogP contribution in [0.1, 0.15) is 48.4 Å². The van der Waals surface area contributed by atoms with Gasteiger partial charge in [0.25, 0.3) is 5.56 Å². The third-order valence-corrected chi connectivity index (χ3v) is 8.16. The number of piperidine rings is 1. The number of esters is 1. The molecular weight excluding hydrogens is 460 g/mol. The zero-order valence-electron chi connectivity index (χ0n) is 20.5. The summed E-state index contributed by atoms with van der Waals surface area (Å²) in [5.74, 6) is -0.489. The number of benzene rings is 1. The van der Waals surface area contributed by atoms with Gasteiger partial charge in [0, 0.05) is 34.7 Å². The molecule has 1 aromatic carbocycles. The summed E-state index contributed by atoms with van der Waals surface area (Å²) in [5.41, 5.74) is 2.18. The largest absolute Gasteiger partial charge is 0.508 e. The second-order valence-corrected chi connectivity index (χ2v) is 10.1. The highest BCUT2D eigenvalue weighted by Crippen LogP contribution is 2.39. The summed E-state index contributed by atoms with van der Waals surface area (Å²) in [6.07, 6.45) is 2.23. The second-order valence-electron chi connectivity index (χ2n) is 10.1. The number of phenolic OH excluding ortho intramolecular Hbond substituents is 1. The molecule has 0 amide bonds. The number of nitrogens with zero attached hydrogens (tertiary/aromatic N) is 3. The van der Waals surface area contributed by atoms with Gasteiger partial charge < -0.3 is 24.8 Å². The molecule has 6 rings (SSSR count). The minimum atomic E-state index is -1.85. The second kappa shape index (κ2) is 8.40. The van der Waals surface area contributed by atoms with Crippen LogP contribution >= 0.6 is 0 Å². The molecule has 9 nitrogen and oxygen atoms in total. The Morgan fingerprint density at radius 1 is 1.22 bits per heavy atom. The lowest BCUT2D eigenvalue weighted by Crippen LogP contribution is -2.44. The average molecular weight is 491 g/mol. The number of pyridine rings is 2. The summed E-state index contributed by atoms with van der Waals surface area (Å²) in [4.78, 5) is 33.0. The van der Waals surface area contributed by atoms with E-state index in [0.29, 0.717) is 41.6 Å². The number of nitrogens with one attached hydrogen (secondary N) is 1. The normalized spacial score (nSPS) is 21.8. The van der Waals surface area contributed by atoms with Crippen LogP contribution in [0.15, 0.2) is 29.1 Å². The molecule has 0 aliphatic carbocycles. The Balaban J connectivity index is 1.43. The van der Waals surface area contributed by atoms with Gasteiger partial charge >= 0.3 is 5.97 Å². The van der Waals surface area contributed by atoms with Crippen LogP contribution in [-0.4, -0.2) is 56.8 Å². The van der Waals surface area contributed by atoms with E-state index in [9.17, 15) is 19.8 Å². The van der Waals surface area contributed by atoms with Crippen LogP contribution in [0.5, 0.6) is 5.75 Å². The predicted octanol–water partition coefficient (Wildman–Crippen LogP) is 1.97. The molecule has 0 spiro atoms. The van der Waals surface area contributed by atoms with Crippen molar-refractivity contribution in [2.45, 2.75) is 57.5 Å². The zero-order chi connectivity index (χ0) is 25.2. The van der Waals surface area contributed by atoms with Crippen LogP contribution in [0, 0.1) is 0 Å². The molecule has 0 unspecified atom stereocenters. The minimum absolute atomic E-state index is 0.105. The van der Waals surface area contributed by atoms with E-state index in [1.807, 2.05) is 13.1 Å². The molecule has 36 heavy (non-hydrogen) atoms. The van der Waals surface area contributed by atoms with Crippen molar-refractivity contribution >= 4 is 16.9 Å². The summed E-state index contributed by atoms with van der Waals surface area (Å²) in [5, 5.41) is 26.0.